The quantitative estimate of drug-likeness (QED) is 0.152. The van der Waals surface area contributed by atoms with Gasteiger partial charge >= 0.3 is 0 Å². The van der Waals surface area contributed by atoms with Crippen LogP contribution in [0.1, 0.15) is 0 Å². The Hall–Kier alpha value is -8.20. The Morgan fingerprint density at radius 1 is 0.210 bits per heavy atom. The van der Waals surface area contributed by atoms with Crippen LogP contribution in [-0.4, -0.2) is 9.13 Å². The predicted octanol–water partition coefficient (Wildman–Crippen LogP) is 16.2. The Morgan fingerprint density at radius 3 is 0.952 bits per heavy atom. The second-order valence-electron chi connectivity index (χ2n) is 16.1. The maximum atomic E-state index is 2.44. The van der Waals surface area contributed by atoms with Gasteiger partial charge in [-0.05, 0) is 116 Å². The highest BCUT2D eigenvalue weighted by molar-refractivity contribution is 6.18. The molecule has 0 aliphatic carbocycles. The van der Waals surface area contributed by atoms with E-state index in [1.165, 1.54) is 99.2 Å². The molecule has 290 valence electrons. The first kappa shape index (κ1) is 35.7. The van der Waals surface area contributed by atoms with Crippen LogP contribution in [0.3, 0.4) is 0 Å². The SMILES string of the molecule is c1ccc(-c2cccc(-n3c4ccc(-c5ccc6c(c5)c5c(-c7ccccc7)cccc5n6-c5cccc(-c6ccccc6)c5)cc4c4c(-c5ccccc5)cccc43)c2)cc1. The molecule has 0 spiro atoms. The number of hydrogen-bond acceptors (Lipinski definition) is 0. The van der Waals surface area contributed by atoms with Crippen LogP contribution in [0.25, 0.3) is 111 Å². The number of benzene rings is 10. The van der Waals surface area contributed by atoms with Crippen LogP contribution >= 0.6 is 0 Å². The summed E-state index contributed by atoms with van der Waals surface area (Å²) in [6, 6.07) is 88.4. The van der Waals surface area contributed by atoms with Crippen LogP contribution in [0, 0.1) is 0 Å². The van der Waals surface area contributed by atoms with Crippen LogP contribution in [0.4, 0.5) is 0 Å². The van der Waals surface area contributed by atoms with E-state index in [1.54, 1.807) is 0 Å². The predicted molar refractivity (Wildman–Crippen MR) is 262 cm³/mol. The van der Waals surface area contributed by atoms with Crippen molar-refractivity contribution in [1.29, 1.82) is 0 Å². The second kappa shape index (κ2) is 14.8. The summed E-state index contributed by atoms with van der Waals surface area (Å²) >= 11 is 0. The molecule has 0 amide bonds. The molecule has 0 fully saturated rings. The van der Waals surface area contributed by atoms with Gasteiger partial charge in [-0.1, -0.05) is 182 Å². The Labute approximate surface area is 360 Å². The molecule has 0 bridgehead atoms. The maximum absolute atomic E-state index is 2.44. The highest BCUT2D eigenvalue weighted by Crippen LogP contribution is 2.43. The Bertz CT molecular complexity index is 3360. The first-order valence-electron chi connectivity index (χ1n) is 21.3. The molecule has 0 atom stereocenters. The lowest BCUT2D eigenvalue weighted by molar-refractivity contribution is 1.18. The fraction of sp³-hybridized carbons (Fsp3) is 0. The molecule has 2 heterocycles. The van der Waals surface area contributed by atoms with Gasteiger partial charge in [0.2, 0.25) is 0 Å². The van der Waals surface area contributed by atoms with Crippen LogP contribution in [0.5, 0.6) is 0 Å². The molecule has 0 saturated heterocycles. The Morgan fingerprint density at radius 2 is 0.548 bits per heavy atom. The van der Waals surface area contributed by atoms with Crippen LogP contribution < -0.4 is 0 Å². The lowest BCUT2D eigenvalue weighted by Gasteiger charge is -2.11. The average molecular weight is 789 g/mol. The molecular formula is C60H40N2. The van der Waals surface area contributed by atoms with Gasteiger partial charge in [0.1, 0.15) is 0 Å². The van der Waals surface area contributed by atoms with E-state index in [-0.39, 0.29) is 0 Å². The Kier molecular flexibility index (Phi) is 8.53. The average Bonchev–Trinajstić information content (AvgIpc) is 3.87. The zero-order chi connectivity index (χ0) is 41.0. The summed E-state index contributed by atoms with van der Waals surface area (Å²) in [6.45, 7) is 0. The third kappa shape index (κ3) is 5.96. The summed E-state index contributed by atoms with van der Waals surface area (Å²) in [4.78, 5) is 0. The van der Waals surface area contributed by atoms with Crippen molar-refractivity contribution in [2.24, 2.45) is 0 Å². The van der Waals surface area contributed by atoms with Crippen molar-refractivity contribution in [3.63, 3.8) is 0 Å². The van der Waals surface area contributed by atoms with Gasteiger partial charge in [-0.15, -0.1) is 0 Å². The van der Waals surface area contributed by atoms with E-state index in [4.69, 9.17) is 0 Å². The van der Waals surface area contributed by atoms with Gasteiger partial charge in [0.15, 0.2) is 0 Å². The maximum Gasteiger partial charge on any atom is 0.0547 e. The lowest BCUT2D eigenvalue weighted by Crippen LogP contribution is -1.95. The van der Waals surface area contributed by atoms with Crippen LogP contribution in [0.15, 0.2) is 243 Å². The summed E-state index contributed by atoms with van der Waals surface area (Å²) in [7, 11) is 0. The minimum atomic E-state index is 1.14. The molecular weight excluding hydrogens is 749 g/mol. The molecule has 2 nitrogen and oxygen atoms in total. The number of nitrogens with zero attached hydrogens (tertiary/aromatic N) is 2. The molecule has 62 heavy (non-hydrogen) atoms. The molecule has 0 saturated carbocycles. The minimum absolute atomic E-state index is 1.14. The fourth-order valence-electron chi connectivity index (χ4n) is 9.68. The molecule has 12 aromatic rings. The van der Waals surface area contributed by atoms with E-state index in [9.17, 15) is 0 Å². The largest absolute Gasteiger partial charge is 0.309 e. The number of rotatable bonds is 7. The van der Waals surface area contributed by atoms with Gasteiger partial charge < -0.3 is 9.13 Å². The van der Waals surface area contributed by atoms with Crippen LogP contribution in [0.2, 0.25) is 0 Å². The van der Waals surface area contributed by atoms with Crippen molar-refractivity contribution in [2.45, 2.75) is 0 Å². The standard InChI is InChI=1S/C60H40N2/c1-5-17-41(18-6-1)45-25-13-27-49(37-45)61-55-35-33-47(39-53(55)59-51(29-15-31-57(59)61)43-21-9-3-10-22-43)48-34-36-56-54(40-48)60-52(44-23-11-4-12-24-44)30-16-32-58(60)62(56)50-28-14-26-46(38-50)42-19-7-2-8-20-42/h1-40H. The minimum Gasteiger partial charge on any atom is -0.309 e. The molecule has 0 aliphatic heterocycles. The van der Waals surface area contributed by atoms with Gasteiger partial charge in [-0.25, -0.2) is 0 Å². The second-order valence-corrected chi connectivity index (χ2v) is 16.1. The van der Waals surface area contributed by atoms with Crippen molar-refractivity contribution in [3.05, 3.63) is 243 Å². The van der Waals surface area contributed by atoms with Crippen molar-refractivity contribution < 1.29 is 0 Å². The summed E-state index contributed by atoms with van der Waals surface area (Å²) in [5.41, 5.74) is 19.1. The topological polar surface area (TPSA) is 9.86 Å². The van der Waals surface area contributed by atoms with E-state index in [1.807, 2.05) is 0 Å². The number of hydrogen-bond donors (Lipinski definition) is 0. The first-order chi connectivity index (χ1) is 30.8. The van der Waals surface area contributed by atoms with Crippen molar-refractivity contribution in [1.82, 2.24) is 9.13 Å². The zero-order valence-corrected chi connectivity index (χ0v) is 34.0. The molecule has 0 radical (unpaired) electrons. The third-order valence-corrected chi connectivity index (χ3v) is 12.5. The zero-order valence-electron chi connectivity index (χ0n) is 34.0. The molecule has 0 N–H and O–H groups in total. The van der Waals surface area contributed by atoms with E-state index in [2.05, 4.69) is 252 Å². The van der Waals surface area contributed by atoms with E-state index in [0.717, 1.165) is 11.4 Å². The van der Waals surface area contributed by atoms with E-state index >= 15 is 0 Å². The summed E-state index contributed by atoms with van der Waals surface area (Å²) in [5, 5.41) is 4.96. The first-order valence-corrected chi connectivity index (χ1v) is 21.3. The highest BCUT2D eigenvalue weighted by atomic mass is 15.0. The molecule has 0 unspecified atom stereocenters. The number of fused-ring (bicyclic) bond motifs is 6. The van der Waals surface area contributed by atoms with Crippen molar-refractivity contribution in [2.75, 3.05) is 0 Å². The van der Waals surface area contributed by atoms with Gasteiger partial charge in [-0.2, -0.15) is 0 Å². The van der Waals surface area contributed by atoms with E-state index in [0.29, 0.717) is 0 Å². The normalized spacial score (nSPS) is 11.5. The molecule has 2 heteroatoms. The van der Waals surface area contributed by atoms with Gasteiger partial charge in [0.25, 0.3) is 0 Å². The highest BCUT2D eigenvalue weighted by Gasteiger charge is 2.20. The molecule has 0 aliphatic rings. The van der Waals surface area contributed by atoms with Gasteiger partial charge in [0.05, 0.1) is 22.1 Å². The third-order valence-electron chi connectivity index (χ3n) is 12.5. The summed E-state index contributed by atoms with van der Waals surface area (Å²) < 4.78 is 4.89. The molecule has 2 aromatic heterocycles. The van der Waals surface area contributed by atoms with Gasteiger partial charge in [0, 0.05) is 32.9 Å². The van der Waals surface area contributed by atoms with Crippen molar-refractivity contribution in [3.8, 4) is 67.0 Å². The van der Waals surface area contributed by atoms with Gasteiger partial charge in [-0.3, -0.25) is 0 Å². The van der Waals surface area contributed by atoms with E-state index < -0.39 is 0 Å². The molecule has 10 aromatic carbocycles. The summed E-state index contributed by atoms with van der Waals surface area (Å²) in [5.74, 6) is 0. The Balaban J connectivity index is 1.09. The summed E-state index contributed by atoms with van der Waals surface area (Å²) in [6.07, 6.45) is 0. The van der Waals surface area contributed by atoms with Crippen LogP contribution in [-0.2, 0) is 0 Å². The lowest BCUT2D eigenvalue weighted by atomic mass is 9.96. The fourth-order valence-corrected chi connectivity index (χ4v) is 9.68. The smallest absolute Gasteiger partial charge is 0.0547 e. The molecule has 12 rings (SSSR count). The number of aromatic nitrogens is 2. The monoisotopic (exact) mass is 788 g/mol. The van der Waals surface area contributed by atoms with Crippen molar-refractivity contribution >= 4 is 43.6 Å².